The fraction of sp³-hybridized carbons (Fsp3) is 0.786. The summed E-state index contributed by atoms with van der Waals surface area (Å²) >= 11 is 0. The van der Waals surface area contributed by atoms with E-state index in [4.69, 9.17) is 0 Å². The molecule has 2 nitrogen and oxygen atoms in total. The van der Waals surface area contributed by atoms with Crippen molar-refractivity contribution in [2.24, 2.45) is 0 Å². The summed E-state index contributed by atoms with van der Waals surface area (Å²) in [5.41, 5.74) is 0. The van der Waals surface area contributed by atoms with Gasteiger partial charge in [-0.2, -0.15) is 0 Å². The minimum absolute atomic E-state index is 1.04. The van der Waals surface area contributed by atoms with Gasteiger partial charge in [0.2, 0.25) is 0 Å². The van der Waals surface area contributed by atoms with Crippen molar-refractivity contribution in [3.63, 3.8) is 0 Å². The van der Waals surface area contributed by atoms with Gasteiger partial charge in [0.05, 0.1) is 0 Å². The SMILES string of the molecule is c1cn(C[C]23[CH]4[CH]5[CH]6[CH]2[Fe]56432789[CH]3[CH]2[CH]7[CH]8[CH]39)cn1. The molecule has 10 aliphatic rings. The van der Waals surface area contributed by atoms with Gasteiger partial charge in [0.25, 0.3) is 0 Å². The van der Waals surface area contributed by atoms with Crippen LogP contribution < -0.4 is 0 Å². The molecule has 4 atom stereocenters. The summed E-state index contributed by atoms with van der Waals surface area (Å²) in [7, 11) is 0. The Morgan fingerprint density at radius 3 is 2.00 bits per heavy atom. The van der Waals surface area contributed by atoms with Crippen molar-refractivity contribution in [2.45, 2.75) is 54.2 Å². The van der Waals surface area contributed by atoms with E-state index in [0.29, 0.717) is 0 Å². The second kappa shape index (κ2) is 0.464. The molecule has 0 aliphatic carbocycles. The Hall–Kier alpha value is -0.271. The Bertz CT molecular complexity index is 1000. The zero-order chi connectivity index (χ0) is 10.1. The summed E-state index contributed by atoms with van der Waals surface area (Å²) in [6.45, 7) is -1.32. The molecular formula is C14H14FeN2. The van der Waals surface area contributed by atoms with Gasteiger partial charge in [0.15, 0.2) is 0 Å². The summed E-state index contributed by atoms with van der Waals surface area (Å²) in [6.07, 6.45) is 6.34. The molecule has 10 saturated heterocycles. The fourth-order valence-corrected chi connectivity index (χ4v) is 92.5. The number of imidazole rings is 1. The van der Waals surface area contributed by atoms with E-state index in [1.165, 1.54) is 49.9 Å². The molecule has 0 saturated carbocycles. The van der Waals surface area contributed by atoms with E-state index in [-0.39, 0.29) is 0 Å². The third kappa shape index (κ3) is 0.0587. The minimum atomic E-state index is -2.76. The van der Waals surface area contributed by atoms with Crippen molar-refractivity contribution in [3.05, 3.63) is 18.7 Å². The van der Waals surface area contributed by atoms with Gasteiger partial charge in [-0.15, -0.1) is 0 Å². The van der Waals surface area contributed by atoms with Crippen molar-refractivity contribution < 1.29 is 6.51 Å². The van der Waals surface area contributed by atoms with Crippen LogP contribution in [0, 0.1) is 0 Å². The summed E-state index contributed by atoms with van der Waals surface area (Å²) < 4.78 is 3.51. The first kappa shape index (κ1) is 5.79. The summed E-state index contributed by atoms with van der Waals surface area (Å²) in [5.74, 6) is 0. The molecule has 17 heavy (non-hydrogen) atoms. The topological polar surface area (TPSA) is 17.8 Å². The van der Waals surface area contributed by atoms with Crippen molar-refractivity contribution in [3.8, 4) is 0 Å². The maximum atomic E-state index is 4.29. The van der Waals surface area contributed by atoms with Crippen LogP contribution >= 0.6 is 0 Å². The molecule has 11 heterocycles. The van der Waals surface area contributed by atoms with Gasteiger partial charge < -0.3 is 0 Å². The van der Waals surface area contributed by atoms with Crippen LogP contribution in [-0.4, -0.2) is 9.55 Å². The van der Waals surface area contributed by atoms with Crippen LogP contribution in [-0.2, 0) is 13.1 Å². The van der Waals surface area contributed by atoms with E-state index in [1.807, 2.05) is 6.20 Å². The van der Waals surface area contributed by atoms with Crippen molar-refractivity contribution in [1.29, 1.82) is 0 Å². The quantitative estimate of drug-likeness (QED) is 0.747. The molecule has 0 amide bonds. The molecule has 0 radical (unpaired) electrons. The van der Waals surface area contributed by atoms with Crippen LogP contribution in [0.5, 0.6) is 0 Å². The zero-order valence-electron chi connectivity index (χ0n) is 9.38. The van der Waals surface area contributed by atoms with Crippen LogP contribution in [0.15, 0.2) is 18.7 Å². The molecule has 10 fully saturated rings. The molecular weight excluding hydrogens is 252 g/mol. The normalized spacial score (nSPS) is 119. The molecule has 3 heteroatoms. The number of nitrogens with zero attached hydrogens (tertiary/aromatic N) is 2. The molecule has 10 aliphatic heterocycles. The third-order valence-electron chi connectivity index (χ3n) is 16.0. The molecule has 1 spiro atoms. The van der Waals surface area contributed by atoms with Crippen molar-refractivity contribution >= 4 is 0 Å². The predicted octanol–water partition coefficient (Wildman–Crippen LogP) is 3.64. The Balaban J connectivity index is 1.51. The standard InChI is InChI=1S/C9H9N2.C5H5.Fe/c1-2-4-9(3-1)7-11-6-5-10-8-11;1-2-4-5-3-1;/h1-6,8H,7H2;1-5H;. The number of aromatic nitrogens is 2. The zero-order valence-corrected chi connectivity index (χ0v) is 10.5. The molecule has 1 aromatic rings. The molecule has 11 rings (SSSR count). The number of fused-ring (bicyclic) bond motifs is 10. The van der Waals surface area contributed by atoms with Crippen LogP contribution in [0.3, 0.4) is 0 Å². The number of hydrogen-bond donors (Lipinski definition) is 0. The van der Waals surface area contributed by atoms with E-state index < -0.39 is 6.51 Å². The van der Waals surface area contributed by atoms with Crippen LogP contribution in [0.2, 0.25) is 47.7 Å². The van der Waals surface area contributed by atoms with Crippen LogP contribution in [0.4, 0.5) is 0 Å². The monoisotopic (exact) mass is 266 g/mol. The van der Waals surface area contributed by atoms with Crippen LogP contribution in [0.25, 0.3) is 0 Å². The average Bonchev–Trinajstić information content (AvgIpc) is 3.25. The van der Waals surface area contributed by atoms with E-state index in [1.54, 1.807) is 0 Å². The first-order chi connectivity index (χ1) is 8.12. The summed E-state index contributed by atoms with van der Waals surface area (Å²) in [6, 6.07) is 0. The van der Waals surface area contributed by atoms with Gasteiger partial charge in [-0.1, -0.05) is 0 Å². The molecule has 0 N–H and O–H groups in total. The first-order valence-electron chi connectivity index (χ1n) is 7.29. The second-order valence-electron chi connectivity index (χ2n) is 11.1. The Labute approximate surface area is 89.1 Å². The molecule has 0 aromatic carbocycles. The van der Waals surface area contributed by atoms with Gasteiger partial charge in [0, 0.05) is 0 Å². The Kier molecular flexibility index (Phi) is 0.158. The van der Waals surface area contributed by atoms with E-state index in [9.17, 15) is 0 Å². The van der Waals surface area contributed by atoms with Gasteiger partial charge in [-0.3, -0.25) is 0 Å². The van der Waals surface area contributed by atoms with E-state index in [2.05, 4.69) is 22.1 Å². The maximum absolute atomic E-state index is 4.29. The van der Waals surface area contributed by atoms with E-state index >= 15 is 0 Å². The molecule has 88 valence electrons. The summed E-state index contributed by atoms with van der Waals surface area (Å²) in [5, 5.41) is 0. The fourth-order valence-electron chi connectivity index (χ4n) is 17.7. The second-order valence-corrected chi connectivity index (χ2v) is 34.7. The third-order valence-corrected chi connectivity index (χ3v) is 58.9. The predicted molar refractivity (Wildman–Crippen MR) is 58.7 cm³/mol. The van der Waals surface area contributed by atoms with Gasteiger partial charge in [-0.25, -0.2) is 0 Å². The Morgan fingerprint density at radius 1 is 1.00 bits per heavy atom. The number of rotatable bonds is 2. The molecule has 0 bridgehead atoms. The summed E-state index contributed by atoms with van der Waals surface area (Å²) in [4.78, 5) is 17.5. The van der Waals surface area contributed by atoms with E-state index in [0.717, 1.165) is 4.31 Å². The first-order valence-corrected chi connectivity index (χ1v) is 13.6. The van der Waals surface area contributed by atoms with Gasteiger partial charge in [-0.05, 0) is 0 Å². The number of hydrogen-bond acceptors (Lipinski definition) is 1. The Morgan fingerprint density at radius 2 is 1.65 bits per heavy atom. The van der Waals surface area contributed by atoms with Crippen molar-refractivity contribution in [1.82, 2.24) is 9.55 Å². The van der Waals surface area contributed by atoms with Crippen molar-refractivity contribution in [2.75, 3.05) is 0 Å². The van der Waals surface area contributed by atoms with Gasteiger partial charge >= 0.3 is 89.0 Å². The molecule has 4 unspecified atom stereocenters. The average molecular weight is 266 g/mol. The molecule has 1 aromatic heterocycles. The van der Waals surface area contributed by atoms with Crippen LogP contribution in [0.1, 0.15) is 0 Å². The van der Waals surface area contributed by atoms with Gasteiger partial charge in [0.1, 0.15) is 0 Å².